The van der Waals surface area contributed by atoms with E-state index in [1.807, 2.05) is 4.57 Å². The van der Waals surface area contributed by atoms with Crippen LogP contribution < -0.4 is 15.9 Å². The molecule has 0 saturated carbocycles. The van der Waals surface area contributed by atoms with Crippen LogP contribution in [0.3, 0.4) is 0 Å². The van der Waals surface area contributed by atoms with Gasteiger partial charge in [0.2, 0.25) is 0 Å². The van der Waals surface area contributed by atoms with Gasteiger partial charge >= 0.3 is 5.97 Å². The van der Waals surface area contributed by atoms with E-state index in [-0.39, 0.29) is 17.0 Å². The normalized spacial score (nSPS) is 19.2. The Morgan fingerprint density at radius 3 is 2.45 bits per heavy atom. The maximum atomic E-state index is 12.7. The van der Waals surface area contributed by atoms with Gasteiger partial charge in [0.25, 0.3) is 0 Å². The number of likely N-dealkylation sites (N-methyl/N-ethyl adjacent to an activating group) is 1. The van der Waals surface area contributed by atoms with E-state index in [0.29, 0.717) is 0 Å². The topological polar surface area (TPSA) is 62.5 Å². The lowest BCUT2D eigenvalue weighted by Crippen LogP contribution is -2.46. The van der Waals surface area contributed by atoms with Crippen LogP contribution in [0, 0.1) is 5.41 Å². The van der Waals surface area contributed by atoms with Crippen molar-refractivity contribution in [1.29, 1.82) is 0 Å². The summed E-state index contributed by atoms with van der Waals surface area (Å²) in [6.07, 6.45) is 3.41. The molecule has 0 bridgehead atoms. The Bertz CT molecular complexity index is 1200. The lowest BCUT2D eigenvalue weighted by Gasteiger charge is -2.43. The summed E-state index contributed by atoms with van der Waals surface area (Å²) in [6.45, 7) is 13.7. The molecule has 0 unspecified atom stereocenters. The van der Waals surface area contributed by atoms with Crippen molar-refractivity contribution in [3.05, 3.63) is 67.9 Å². The Morgan fingerprint density at radius 2 is 1.90 bits per heavy atom. The van der Waals surface area contributed by atoms with Crippen molar-refractivity contribution in [3.63, 3.8) is 0 Å². The largest absolute Gasteiger partial charge is 0.477 e. The smallest absolute Gasteiger partial charge is 0.341 e. The third kappa shape index (κ3) is 4.06. The Hall–Kier alpha value is -2.82. The minimum atomic E-state index is -1.18. The summed E-state index contributed by atoms with van der Waals surface area (Å²) in [5.74, 6) is -1.18. The second kappa shape index (κ2) is 8.37. The molecule has 1 aliphatic heterocycles. The highest BCUT2D eigenvalue weighted by atomic mass is 16.4. The molecule has 0 fully saturated rings. The summed E-state index contributed by atoms with van der Waals surface area (Å²) in [6, 6.07) is 7.91. The molecule has 0 radical (unpaired) electrons. The van der Waals surface area contributed by atoms with Crippen molar-refractivity contribution in [2.24, 2.45) is 5.41 Å². The van der Waals surface area contributed by atoms with E-state index in [4.69, 9.17) is 0 Å². The van der Waals surface area contributed by atoms with E-state index in [1.165, 1.54) is 22.4 Å². The first-order valence-electron chi connectivity index (χ1n) is 11.0. The van der Waals surface area contributed by atoms with Gasteiger partial charge in [-0.1, -0.05) is 58.4 Å². The van der Waals surface area contributed by atoms with Crippen molar-refractivity contribution >= 4 is 17.2 Å². The molecule has 31 heavy (non-hydrogen) atoms. The molecule has 0 aliphatic carbocycles. The summed E-state index contributed by atoms with van der Waals surface area (Å²) >= 11 is 0. The quantitative estimate of drug-likeness (QED) is 0.824. The first kappa shape index (κ1) is 22.9. The molecule has 166 valence electrons. The average molecular weight is 423 g/mol. The van der Waals surface area contributed by atoms with Crippen molar-refractivity contribution in [2.75, 3.05) is 13.6 Å². The number of carbonyl (C=O) groups is 1. The van der Waals surface area contributed by atoms with Crippen LogP contribution in [0.4, 0.5) is 0 Å². The maximum Gasteiger partial charge on any atom is 0.341 e. The number of pyridine rings is 1. The lowest BCUT2D eigenvalue weighted by atomic mass is 9.84. The summed E-state index contributed by atoms with van der Waals surface area (Å²) in [5, 5.41) is 11.9. The molecular weight excluding hydrogens is 388 g/mol. The molecule has 1 aromatic heterocycles. The first-order valence-corrected chi connectivity index (χ1v) is 11.0. The van der Waals surface area contributed by atoms with Crippen molar-refractivity contribution in [3.8, 4) is 0 Å². The summed E-state index contributed by atoms with van der Waals surface area (Å²) in [4.78, 5) is 26.7. The predicted molar refractivity (Wildman–Crippen MR) is 126 cm³/mol. The number of carboxylic acid groups (broad SMARTS) is 1. The fourth-order valence-corrected chi connectivity index (χ4v) is 4.60. The van der Waals surface area contributed by atoms with Gasteiger partial charge in [0, 0.05) is 31.1 Å². The van der Waals surface area contributed by atoms with Gasteiger partial charge in [-0.2, -0.15) is 0 Å². The molecular formula is C26H34N2O3. The number of rotatable bonds is 3. The van der Waals surface area contributed by atoms with Crippen molar-refractivity contribution in [1.82, 2.24) is 9.47 Å². The van der Waals surface area contributed by atoms with Gasteiger partial charge in [-0.15, -0.1) is 0 Å². The first-order chi connectivity index (χ1) is 14.5. The molecule has 2 aromatic rings. The molecule has 1 atom stereocenters. The van der Waals surface area contributed by atoms with E-state index in [0.717, 1.165) is 36.0 Å². The summed E-state index contributed by atoms with van der Waals surface area (Å²) in [7, 11) is 2.07. The minimum absolute atomic E-state index is 0.0315. The molecule has 1 N–H and O–H groups in total. The number of aromatic carboxylic acids is 1. The highest BCUT2D eigenvalue weighted by Crippen LogP contribution is 2.37. The number of hydrogen-bond acceptors (Lipinski definition) is 3. The average Bonchev–Trinajstić information content (AvgIpc) is 2.70. The van der Waals surface area contributed by atoms with E-state index in [1.54, 1.807) is 6.20 Å². The van der Waals surface area contributed by atoms with Crippen molar-refractivity contribution < 1.29 is 9.90 Å². The van der Waals surface area contributed by atoms with Crippen LogP contribution in [-0.4, -0.2) is 34.1 Å². The molecule has 1 aliphatic rings. The van der Waals surface area contributed by atoms with E-state index >= 15 is 0 Å². The van der Waals surface area contributed by atoms with E-state index in [2.05, 4.69) is 71.7 Å². The molecule has 3 rings (SSSR count). The fraction of sp³-hybridized carbons (Fsp3) is 0.462. The van der Waals surface area contributed by atoms with Crippen LogP contribution in [0.5, 0.6) is 0 Å². The number of fused-ring (bicyclic) bond motifs is 1. The molecule has 1 aromatic carbocycles. The Morgan fingerprint density at radius 1 is 1.23 bits per heavy atom. The van der Waals surface area contributed by atoms with Gasteiger partial charge in [0.15, 0.2) is 5.43 Å². The van der Waals surface area contributed by atoms with Crippen LogP contribution >= 0.6 is 0 Å². The third-order valence-corrected chi connectivity index (χ3v) is 6.46. The predicted octanol–water partition coefficient (Wildman–Crippen LogP) is 3.38. The van der Waals surface area contributed by atoms with Crippen molar-refractivity contribution in [2.45, 2.75) is 60.4 Å². The van der Waals surface area contributed by atoms with Gasteiger partial charge in [-0.3, -0.25) is 4.79 Å². The van der Waals surface area contributed by atoms with E-state index < -0.39 is 11.4 Å². The number of carboxylic acids is 1. The SMILES string of the molecule is CCC(C)=c1c(CC)ccc/c1=C1\c2cc(=O)c(C(=O)O)cn2[C@@H](C(C)(C)C)CN1C. The Kier molecular flexibility index (Phi) is 6.17. The number of benzene rings is 1. The number of aromatic nitrogens is 1. The molecule has 5 heteroatoms. The maximum absolute atomic E-state index is 12.7. The monoisotopic (exact) mass is 422 g/mol. The van der Waals surface area contributed by atoms with Gasteiger partial charge in [0.05, 0.1) is 17.4 Å². The van der Waals surface area contributed by atoms with E-state index in [9.17, 15) is 14.7 Å². The van der Waals surface area contributed by atoms with Gasteiger partial charge < -0.3 is 14.6 Å². The third-order valence-electron chi connectivity index (χ3n) is 6.46. The number of hydrogen-bond donors (Lipinski definition) is 1. The molecule has 5 nitrogen and oxygen atoms in total. The molecule has 2 heterocycles. The molecule has 0 spiro atoms. The van der Waals surface area contributed by atoms with Crippen LogP contribution in [0.2, 0.25) is 0 Å². The second-order valence-electron chi connectivity index (χ2n) is 9.59. The lowest BCUT2D eigenvalue weighted by molar-refractivity contribution is 0.0693. The Balaban J connectivity index is 2.56. The molecule has 0 saturated heterocycles. The molecule has 0 amide bonds. The fourth-order valence-electron chi connectivity index (χ4n) is 4.60. The standard InChI is InChI=1S/C26H34N2O3/c1-8-16(3)23-17(9-2)11-10-12-18(23)24-20-13-21(29)19(25(30)31)14-28(20)22(15-27(24)7)26(4,5)6/h10-14,22H,8-9,15H2,1-7H3,(H,30,31)/b23-16?,24-18-/t22-/m1/s1. The van der Waals surface area contributed by atoms with Crippen LogP contribution in [-0.2, 0) is 6.42 Å². The highest BCUT2D eigenvalue weighted by Gasteiger charge is 2.35. The van der Waals surface area contributed by atoms with Crippen LogP contribution in [0.1, 0.15) is 75.6 Å². The zero-order valence-electron chi connectivity index (χ0n) is 19.7. The Labute approximate surface area is 184 Å². The number of nitrogens with zero attached hydrogens (tertiary/aromatic N) is 2. The summed E-state index contributed by atoms with van der Waals surface area (Å²) < 4.78 is 2.02. The second-order valence-corrected chi connectivity index (χ2v) is 9.59. The van der Waals surface area contributed by atoms with Gasteiger partial charge in [-0.25, -0.2) is 4.79 Å². The zero-order valence-corrected chi connectivity index (χ0v) is 19.7. The highest BCUT2D eigenvalue weighted by molar-refractivity contribution is 5.87. The van der Waals surface area contributed by atoms with Crippen LogP contribution in [0.15, 0.2) is 35.3 Å². The zero-order chi connectivity index (χ0) is 23.1. The van der Waals surface area contributed by atoms with Gasteiger partial charge in [-0.05, 0) is 36.0 Å². The number of aryl methyl sites for hydroxylation is 1. The van der Waals surface area contributed by atoms with Gasteiger partial charge in [0.1, 0.15) is 5.56 Å². The summed E-state index contributed by atoms with van der Waals surface area (Å²) in [5.41, 5.74) is 3.60. The van der Waals surface area contributed by atoms with Crippen LogP contribution in [0.25, 0.3) is 11.3 Å². The minimum Gasteiger partial charge on any atom is -0.477 e.